The zero-order chi connectivity index (χ0) is 18.7. The molecule has 2 aromatic carbocycles. The van der Waals surface area contributed by atoms with Gasteiger partial charge in [-0.1, -0.05) is 38.1 Å². The first-order chi connectivity index (χ1) is 12.5. The number of aliphatic hydroxyl groups excluding tert-OH is 1. The molecule has 0 atom stereocenters. The average molecular weight is 351 g/mol. The molecule has 26 heavy (non-hydrogen) atoms. The maximum Gasteiger partial charge on any atom is 0.339 e. The van der Waals surface area contributed by atoms with Gasteiger partial charge in [0.2, 0.25) is 5.69 Å². The molecule has 0 heterocycles. The summed E-state index contributed by atoms with van der Waals surface area (Å²) in [6.45, 7) is 6.77. The Morgan fingerprint density at radius 3 is 2.12 bits per heavy atom. The Hall–Kier alpha value is -2.79. The number of carbonyl (C=O) groups excluding carboxylic acids is 2. The Balaban J connectivity index is 1.86. The Labute approximate surface area is 153 Å². The number of fused-ring (bicyclic) bond motifs is 2. The first-order valence-electron chi connectivity index (χ1n) is 8.91. The lowest BCUT2D eigenvalue weighted by Gasteiger charge is -2.16. The van der Waals surface area contributed by atoms with Gasteiger partial charge in [-0.05, 0) is 19.2 Å². The van der Waals surface area contributed by atoms with Gasteiger partial charge in [-0.2, -0.15) is 4.99 Å². The molecule has 1 aliphatic carbocycles. The lowest BCUT2D eigenvalue weighted by atomic mass is 9.84. The second kappa shape index (κ2) is 7.62. The van der Waals surface area contributed by atoms with E-state index in [0.717, 1.165) is 19.6 Å². The molecule has 0 amide bonds. The van der Waals surface area contributed by atoms with Crippen molar-refractivity contribution < 1.29 is 19.7 Å². The molecule has 5 nitrogen and oxygen atoms in total. The maximum atomic E-state index is 12.7. The first kappa shape index (κ1) is 18.0. The standard InChI is InChI=1S/C21H22N2O3/c1-3-23(4-2)12-11-19(24)22-14-9-10-17-18(13-14)21(26)16-8-6-5-7-15(16)20(17)25/h5-10,13H,3-4,11-12H2,1-2H3,(H,22,24)/p+1. The van der Waals surface area contributed by atoms with Crippen molar-refractivity contribution in [3.63, 3.8) is 0 Å². The van der Waals surface area contributed by atoms with Gasteiger partial charge in [-0.3, -0.25) is 9.59 Å². The van der Waals surface area contributed by atoms with Crippen molar-refractivity contribution in [1.82, 2.24) is 4.90 Å². The van der Waals surface area contributed by atoms with Gasteiger partial charge in [-0.25, -0.2) is 0 Å². The van der Waals surface area contributed by atoms with Gasteiger partial charge >= 0.3 is 5.90 Å². The molecule has 3 rings (SSSR count). The fraction of sp³-hybridized carbons (Fsp3) is 0.286. The van der Waals surface area contributed by atoms with E-state index in [2.05, 4.69) is 23.7 Å². The molecule has 0 fully saturated rings. The van der Waals surface area contributed by atoms with Gasteiger partial charge in [-0.15, -0.1) is 0 Å². The third-order valence-corrected chi connectivity index (χ3v) is 4.77. The van der Waals surface area contributed by atoms with Crippen LogP contribution < -0.4 is 4.99 Å². The quantitative estimate of drug-likeness (QED) is 0.525. The van der Waals surface area contributed by atoms with Crippen LogP contribution in [-0.2, 0) is 0 Å². The molecule has 0 saturated heterocycles. The molecule has 5 heteroatoms. The van der Waals surface area contributed by atoms with Crippen molar-refractivity contribution >= 4 is 23.2 Å². The van der Waals surface area contributed by atoms with Crippen molar-refractivity contribution in [3.05, 3.63) is 64.7 Å². The third-order valence-electron chi connectivity index (χ3n) is 4.77. The minimum absolute atomic E-state index is 0.142. The van der Waals surface area contributed by atoms with E-state index in [-0.39, 0.29) is 17.5 Å². The number of benzene rings is 2. The summed E-state index contributed by atoms with van der Waals surface area (Å²) in [6, 6.07) is 11.9. The second-order valence-corrected chi connectivity index (χ2v) is 6.31. The van der Waals surface area contributed by atoms with E-state index >= 15 is 0 Å². The van der Waals surface area contributed by atoms with Crippen LogP contribution in [0.1, 0.15) is 52.1 Å². The lowest BCUT2D eigenvalue weighted by molar-refractivity contribution is -0.367. The highest BCUT2D eigenvalue weighted by Crippen LogP contribution is 2.27. The molecule has 0 radical (unpaired) electrons. The minimum Gasteiger partial charge on any atom is -0.463 e. The van der Waals surface area contributed by atoms with Crippen molar-refractivity contribution in [2.45, 2.75) is 20.3 Å². The zero-order valence-corrected chi connectivity index (χ0v) is 15.1. The Kier molecular flexibility index (Phi) is 5.28. The van der Waals surface area contributed by atoms with Crippen LogP contribution in [0.5, 0.6) is 0 Å². The summed E-state index contributed by atoms with van der Waals surface area (Å²) >= 11 is 0. The van der Waals surface area contributed by atoms with Gasteiger partial charge in [0, 0.05) is 40.9 Å². The highest BCUT2D eigenvalue weighted by molar-refractivity contribution is 6.28. The molecule has 0 saturated carbocycles. The highest BCUT2D eigenvalue weighted by Gasteiger charge is 2.30. The summed E-state index contributed by atoms with van der Waals surface area (Å²) in [4.78, 5) is 30.5. The van der Waals surface area contributed by atoms with Crippen molar-refractivity contribution in [1.29, 1.82) is 0 Å². The number of nitrogens with one attached hydrogen (secondary N) is 1. The van der Waals surface area contributed by atoms with E-state index < -0.39 is 0 Å². The van der Waals surface area contributed by atoms with Gasteiger partial charge in [0.05, 0.1) is 6.42 Å². The van der Waals surface area contributed by atoms with Crippen LogP contribution in [0.4, 0.5) is 5.69 Å². The first-order valence-corrected chi connectivity index (χ1v) is 8.91. The van der Waals surface area contributed by atoms with Crippen LogP contribution >= 0.6 is 0 Å². The van der Waals surface area contributed by atoms with Crippen molar-refractivity contribution in [2.75, 3.05) is 19.6 Å². The summed E-state index contributed by atoms with van der Waals surface area (Å²) < 4.78 is 0. The second-order valence-electron chi connectivity index (χ2n) is 6.31. The summed E-state index contributed by atoms with van der Waals surface area (Å²) in [7, 11) is 0. The molecule has 2 aromatic rings. The zero-order valence-electron chi connectivity index (χ0n) is 15.1. The largest absolute Gasteiger partial charge is 0.463 e. The van der Waals surface area contributed by atoms with E-state index in [4.69, 9.17) is 0 Å². The third kappa shape index (κ3) is 3.44. The van der Waals surface area contributed by atoms with E-state index in [1.807, 2.05) is 0 Å². The Morgan fingerprint density at radius 2 is 1.50 bits per heavy atom. The molecule has 0 aliphatic heterocycles. The number of hydrogen-bond donors (Lipinski definition) is 2. The topological polar surface area (TPSA) is 71.6 Å². The average Bonchev–Trinajstić information content (AvgIpc) is 2.67. The summed E-state index contributed by atoms with van der Waals surface area (Å²) in [5, 5.41) is 10.1. The molecule has 1 aliphatic rings. The number of nitrogens with zero attached hydrogens (tertiary/aromatic N) is 1. The van der Waals surface area contributed by atoms with E-state index in [0.29, 0.717) is 34.4 Å². The molecule has 0 unspecified atom stereocenters. The lowest BCUT2D eigenvalue weighted by Crippen LogP contribution is -2.66. The number of aliphatic hydroxyl groups is 1. The van der Waals surface area contributed by atoms with Gasteiger partial charge in [0.25, 0.3) is 0 Å². The summed E-state index contributed by atoms with van der Waals surface area (Å²) in [5.41, 5.74) is 2.25. The number of carbonyl (C=O) groups is 2. The normalized spacial score (nSPS) is 13.7. The van der Waals surface area contributed by atoms with E-state index in [1.54, 1.807) is 42.5 Å². The monoisotopic (exact) mass is 351 g/mol. The SMILES string of the molecule is CCN(CC)CCC(O)=[NH+]c1ccc2c(c1)C(=O)c1ccccc1C2=O. The maximum absolute atomic E-state index is 12.7. The molecule has 0 bridgehead atoms. The molecule has 2 N–H and O–H groups in total. The van der Waals surface area contributed by atoms with Crippen molar-refractivity contribution in [2.24, 2.45) is 0 Å². The van der Waals surface area contributed by atoms with E-state index in [9.17, 15) is 14.7 Å². The Morgan fingerprint density at radius 1 is 0.923 bits per heavy atom. The minimum atomic E-state index is -0.165. The van der Waals surface area contributed by atoms with Gasteiger partial charge in [0.15, 0.2) is 11.6 Å². The predicted octanol–water partition coefficient (Wildman–Crippen LogP) is 1.86. The number of hydrogen-bond acceptors (Lipinski definition) is 3. The fourth-order valence-electron chi connectivity index (χ4n) is 3.21. The van der Waals surface area contributed by atoms with Crippen molar-refractivity contribution in [3.8, 4) is 0 Å². The van der Waals surface area contributed by atoms with Crippen LogP contribution in [0.25, 0.3) is 0 Å². The van der Waals surface area contributed by atoms with Crippen LogP contribution in [0.2, 0.25) is 0 Å². The number of ketones is 2. The van der Waals surface area contributed by atoms with E-state index in [1.165, 1.54) is 0 Å². The molecule has 0 aromatic heterocycles. The van der Waals surface area contributed by atoms with Crippen LogP contribution in [0.15, 0.2) is 42.5 Å². The fourth-order valence-corrected chi connectivity index (χ4v) is 3.21. The molecular weight excluding hydrogens is 328 g/mol. The number of rotatable bonds is 6. The van der Waals surface area contributed by atoms with Crippen LogP contribution in [-0.4, -0.2) is 47.1 Å². The smallest absolute Gasteiger partial charge is 0.339 e. The molecular formula is C21H23N2O3+. The molecule has 0 spiro atoms. The Bertz CT molecular complexity index is 883. The highest BCUT2D eigenvalue weighted by atomic mass is 16.3. The predicted molar refractivity (Wildman–Crippen MR) is 100 cm³/mol. The summed E-state index contributed by atoms with van der Waals surface area (Å²) in [6.07, 6.45) is 0.495. The van der Waals surface area contributed by atoms with Crippen LogP contribution in [0, 0.1) is 0 Å². The summed E-state index contributed by atoms with van der Waals surface area (Å²) in [5.74, 6) is -0.162. The van der Waals surface area contributed by atoms with Gasteiger partial charge in [0.1, 0.15) is 0 Å². The van der Waals surface area contributed by atoms with Gasteiger partial charge < -0.3 is 10.0 Å². The van der Waals surface area contributed by atoms with Crippen LogP contribution in [0.3, 0.4) is 0 Å². The molecule has 134 valence electrons.